The minimum Gasteiger partial charge on any atom is -0.394 e. The van der Waals surface area contributed by atoms with Crippen LogP contribution in [0.1, 0.15) is 20.3 Å². The van der Waals surface area contributed by atoms with Crippen molar-refractivity contribution in [1.82, 2.24) is 5.32 Å². The summed E-state index contributed by atoms with van der Waals surface area (Å²) in [4.78, 5) is 12.5. The SMILES string of the molecule is C=C1C[C@](OC)([C@H](O)C(=O)N[C@@H]2O[C@H](CO)[C@@H](O)[C@H](O)[C@H]2O)O[C@H](C)[C@@H]1C. The molecule has 0 spiro atoms. The highest BCUT2D eigenvalue weighted by Gasteiger charge is 2.51. The summed E-state index contributed by atoms with van der Waals surface area (Å²) in [5.74, 6) is -2.63. The fourth-order valence-electron chi connectivity index (χ4n) is 3.30. The molecule has 0 aromatic heterocycles. The predicted molar refractivity (Wildman–Crippen MR) is 91.1 cm³/mol. The molecule has 6 N–H and O–H groups in total. The fourth-order valence-corrected chi connectivity index (χ4v) is 3.30. The van der Waals surface area contributed by atoms with Gasteiger partial charge in [-0.05, 0) is 6.92 Å². The molecule has 0 bridgehead atoms. The number of carbonyl (C=O) groups excluding carboxylic acids is 1. The van der Waals surface area contributed by atoms with Crippen LogP contribution in [0.4, 0.5) is 0 Å². The lowest BCUT2D eigenvalue weighted by Crippen LogP contribution is -2.66. The van der Waals surface area contributed by atoms with Gasteiger partial charge in [0.05, 0.1) is 12.7 Å². The van der Waals surface area contributed by atoms with Gasteiger partial charge < -0.3 is 45.1 Å². The molecular formula is C17H29NO9. The van der Waals surface area contributed by atoms with Gasteiger partial charge in [0.1, 0.15) is 24.4 Å². The van der Waals surface area contributed by atoms with Gasteiger partial charge in [0.15, 0.2) is 12.3 Å². The first-order valence-electron chi connectivity index (χ1n) is 8.77. The van der Waals surface area contributed by atoms with Crippen LogP contribution in [-0.2, 0) is 19.0 Å². The third-order valence-electron chi connectivity index (χ3n) is 5.39. The third kappa shape index (κ3) is 4.17. The molecule has 9 atom stereocenters. The van der Waals surface area contributed by atoms with Gasteiger partial charge in [0, 0.05) is 19.4 Å². The lowest BCUT2D eigenvalue weighted by molar-refractivity contribution is -0.298. The molecule has 0 aromatic rings. The van der Waals surface area contributed by atoms with Gasteiger partial charge >= 0.3 is 0 Å². The van der Waals surface area contributed by atoms with E-state index in [0.29, 0.717) is 0 Å². The predicted octanol–water partition coefficient (Wildman–Crippen LogP) is -2.39. The number of nitrogens with one attached hydrogen (secondary N) is 1. The van der Waals surface area contributed by atoms with Crippen LogP contribution in [0, 0.1) is 5.92 Å². The summed E-state index contributed by atoms with van der Waals surface area (Å²) < 4.78 is 16.3. The van der Waals surface area contributed by atoms with Crippen LogP contribution in [0.2, 0.25) is 0 Å². The average molecular weight is 391 g/mol. The van der Waals surface area contributed by atoms with E-state index < -0.39 is 55.0 Å². The third-order valence-corrected chi connectivity index (χ3v) is 5.39. The van der Waals surface area contributed by atoms with Crippen molar-refractivity contribution >= 4 is 5.91 Å². The van der Waals surface area contributed by atoms with Crippen LogP contribution < -0.4 is 5.32 Å². The summed E-state index contributed by atoms with van der Waals surface area (Å²) in [7, 11) is 1.29. The molecule has 0 aromatic carbocycles. The van der Waals surface area contributed by atoms with E-state index in [9.17, 15) is 30.3 Å². The van der Waals surface area contributed by atoms with E-state index in [4.69, 9.17) is 14.2 Å². The van der Waals surface area contributed by atoms with Crippen molar-refractivity contribution < 1.29 is 44.5 Å². The normalized spacial score (nSPS) is 44.0. The monoisotopic (exact) mass is 391 g/mol. The molecule has 1 amide bonds. The Morgan fingerprint density at radius 1 is 1.33 bits per heavy atom. The molecule has 156 valence electrons. The van der Waals surface area contributed by atoms with Crippen molar-refractivity contribution in [3.05, 3.63) is 12.2 Å². The number of hydrogen-bond donors (Lipinski definition) is 6. The highest BCUT2D eigenvalue weighted by molar-refractivity contribution is 5.82. The first-order chi connectivity index (χ1) is 12.6. The number of amides is 1. The first kappa shape index (κ1) is 22.2. The number of aliphatic hydroxyl groups is 5. The van der Waals surface area contributed by atoms with Crippen LogP contribution in [-0.4, -0.2) is 93.8 Å². The quantitative estimate of drug-likeness (QED) is 0.281. The lowest BCUT2D eigenvalue weighted by Gasteiger charge is -2.45. The van der Waals surface area contributed by atoms with E-state index in [2.05, 4.69) is 11.9 Å². The van der Waals surface area contributed by atoms with Crippen LogP contribution in [0.15, 0.2) is 12.2 Å². The molecule has 0 saturated carbocycles. The number of aliphatic hydroxyl groups excluding tert-OH is 5. The fraction of sp³-hybridized carbons (Fsp3) is 0.824. The minimum absolute atomic E-state index is 0.00832. The molecule has 2 heterocycles. The maximum Gasteiger partial charge on any atom is 0.256 e. The van der Waals surface area contributed by atoms with E-state index >= 15 is 0 Å². The summed E-state index contributed by atoms with van der Waals surface area (Å²) in [6.07, 6.45) is -9.59. The number of hydrogen-bond acceptors (Lipinski definition) is 9. The van der Waals surface area contributed by atoms with Gasteiger partial charge in [0.2, 0.25) is 5.79 Å². The maximum absolute atomic E-state index is 12.5. The summed E-state index contributed by atoms with van der Waals surface area (Å²) >= 11 is 0. The Hall–Kier alpha value is -1.11. The van der Waals surface area contributed by atoms with Gasteiger partial charge in [-0.1, -0.05) is 19.1 Å². The van der Waals surface area contributed by atoms with Crippen LogP contribution >= 0.6 is 0 Å². The Labute approximate surface area is 157 Å². The van der Waals surface area contributed by atoms with Crippen LogP contribution in [0.3, 0.4) is 0 Å². The molecule has 10 heteroatoms. The Kier molecular flexibility index (Phi) is 6.98. The van der Waals surface area contributed by atoms with Gasteiger partial charge in [-0.2, -0.15) is 0 Å². The lowest BCUT2D eigenvalue weighted by atomic mass is 9.85. The zero-order chi connectivity index (χ0) is 20.5. The first-order valence-corrected chi connectivity index (χ1v) is 8.77. The second kappa shape index (κ2) is 8.50. The summed E-state index contributed by atoms with van der Waals surface area (Å²) in [6, 6.07) is 0. The minimum atomic E-state index is -1.79. The number of carbonyl (C=O) groups is 1. The van der Waals surface area contributed by atoms with E-state index in [0.717, 1.165) is 5.57 Å². The van der Waals surface area contributed by atoms with Gasteiger partial charge in [0.25, 0.3) is 5.91 Å². The molecule has 27 heavy (non-hydrogen) atoms. The zero-order valence-electron chi connectivity index (χ0n) is 15.6. The molecule has 2 aliphatic heterocycles. The zero-order valence-corrected chi connectivity index (χ0v) is 15.6. The molecule has 2 saturated heterocycles. The smallest absolute Gasteiger partial charge is 0.256 e. The van der Waals surface area contributed by atoms with Crippen LogP contribution in [0.25, 0.3) is 0 Å². The Morgan fingerprint density at radius 3 is 2.48 bits per heavy atom. The van der Waals surface area contributed by atoms with E-state index in [1.807, 2.05) is 6.92 Å². The van der Waals surface area contributed by atoms with Crippen molar-refractivity contribution in [2.45, 2.75) is 68.9 Å². The summed E-state index contributed by atoms with van der Waals surface area (Å²) in [6.45, 7) is 6.98. The van der Waals surface area contributed by atoms with E-state index in [1.165, 1.54) is 7.11 Å². The van der Waals surface area contributed by atoms with E-state index in [-0.39, 0.29) is 18.4 Å². The van der Waals surface area contributed by atoms with Crippen molar-refractivity contribution in [3.8, 4) is 0 Å². The van der Waals surface area contributed by atoms with Crippen molar-refractivity contribution in [2.24, 2.45) is 5.92 Å². The number of rotatable bonds is 5. The van der Waals surface area contributed by atoms with Gasteiger partial charge in [-0.3, -0.25) is 4.79 Å². The van der Waals surface area contributed by atoms with Gasteiger partial charge in [-0.25, -0.2) is 0 Å². The largest absolute Gasteiger partial charge is 0.394 e. The van der Waals surface area contributed by atoms with Crippen molar-refractivity contribution in [1.29, 1.82) is 0 Å². The average Bonchev–Trinajstić information content (AvgIpc) is 2.65. The highest BCUT2D eigenvalue weighted by atomic mass is 16.7. The maximum atomic E-state index is 12.5. The molecule has 0 aliphatic carbocycles. The molecule has 10 nitrogen and oxygen atoms in total. The number of ether oxygens (including phenoxy) is 3. The Balaban J connectivity index is 2.13. The number of methoxy groups -OCH3 is 1. The summed E-state index contributed by atoms with van der Waals surface area (Å²) in [5, 5.41) is 51.6. The second-order valence-electron chi connectivity index (χ2n) is 7.12. The summed E-state index contributed by atoms with van der Waals surface area (Å²) in [5.41, 5.74) is 0.746. The Morgan fingerprint density at radius 2 is 1.96 bits per heavy atom. The Bertz CT molecular complexity index is 557. The van der Waals surface area contributed by atoms with E-state index in [1.54, 1.807) is 6.92 Å². The molecular weight excluding hydrogens is 362 g/mol. The molecule has 0 unspecified atom stereocenters. The van der Waals surface area contributed by atoms with Crippen molar-refractivity contribution in [3.63, 3.8) is 0 Å². The highest BCUT2D eigenvalue weighted by Crippen LogP contribution is 2.38. The molecule has 2 aliphatic rings. The molecule has 2 fully saturated rings. The second-order valence-corrected chi connectivity index (χ2v) is 7.12. The topological polar surface area (TPSA) is 158 Å². The molecule has 0 radical (unpaired) electrons. The standard InChI is InChI=1S/C17H29NO9/c1-7-5-17(25-4,27-9(3)8(7)2)14(23)15(24)18-16-13(22)12(21)11(20)10(6-19)26-16/h8-14,16,19-23H,1,5-6H2,2-4H3,(H,18,24)/t8-,9-,10-,11-,12+,13-,14-,16-,17-/m1/s1. The van der Waals surface area contributed by atoms with Crippen LogP contribution in [0.5, 0.6) is 0 Å². The molecule has 2 rings (SSSR count). The van der Waals surface area contributed by atoms with Gasteiger partial charge in [-0.15, -0.1) is 0 Å². The van der Waals surface area contributed by atoms with Crippen molar-refractivity contribution in [2.75, 3.05) is 13.7 Å².